The van der Waals surface area contributed by atoms with Gasteiger partial charge in [-0.3, -0.25) is 9.59 Å². The van der Waals surface area contributed by atoms with Gasteiger partial charge in [-0.1, -0.05) is 0 Å². The molecule has 0 aromatic rings. The minimum Gasteiger partial charge on any atom is -0.354 e. The maximum absolute atomic E-state index is 12.0. The van der Waals surface area contributed by atoms with Gasteiger partial charge in [0.15, 0.2) is 0 Å². The summed E-state index contributed by atoms with van der Waals surface area (Å²) in [7, 11) is 1.86. The third-order valence-electron chi connectivity index (χ3n) is 3.38. The number of hydrogen-bond donors (Lipinski definition) is 2. The molecule has 112 valence electrons. The summed E-state index contributed by atoms with van der Waals surface area (Å²) in [5, 5.41) is 5.95. The van der Waals surface area contributed by atoms with Gasteiger partial charge in [0, 0.05) is 31.1 Å². The van der Waals surface area contributed by atoms with Gasteiger partial charge in [0.05, 0.1) is 5.92 Å². The van der Waals surface area contributed by atoms with Crippen LogP contribution >= 0.6 is 12.4 Å². The van der Waals surface area contributed by atoms with Gasteiger partial charge in [0.25, 0.3) is 0 Å². The average molecular weight is 292 g/mol. The van der Waals surface area contributed by atoms with Crippen molar-refractivity contribution < 1.29 is 9.59 Å². The Labute approximate surface area is 121 Å². The van der Waals surface area contributed by atoms with E-state index in [1.165, 1.54) is 0 Å². The second-order valence-electron chi connectivity index (χ2n) is 6.01. The number of carbonyl (C=O) groups excluding carboxylic acids is 2. The molecule has 0 bridgehead atoms. The predicted octanol–water partition coefficient (Wildman–Crippen LogP) is 0.779. The molecule has 1 heterocycles. The lowest BCUT2D eigenvalue weighted by molar-refractivity contribution is -0.132. The van der Waals surface area contributed by atoms with Gasteiger partial charge in [-0.05, 0) is 34.7 Å². The van der Waals surface area contributed by atoms with E-state index >= 15 is 0 Å². The Morgan fingerprint density at radius 2 is 2.05 bits per heavy atom. The smallest absolute Gasteiger partial charge is 0.225 e. The largest absolute Gasteiger partial charge is 0.354 e. The molecule has 0 aliphatic carbocycles. The molecule has 1 aliphatic heterocycles. The highest BCUT2D eigenvalue weighted by atomic mass is 35.5. The van der Waals surface area contributed by atoms with Crippen molar-refractivity contribution in [1.29, 1.82) is 0 Å². The molecule has 2 atom stereocenters. The Kier molecular flexibility index (Phi) is 6.80. The zero-order chi connectivity index (χ0) is 13.9. The quantitative estimate of drug-likeness (QED) is 0.805. The number of hydrogen-bond acceptors (Lipinski definition) is 3. The fourth-order valence-corrected chi connectivity index (χ4v) is 2.03. The average Bonchev–Trinajstić information content (AvgIpc) is 2.67. The Morgan fingerprint density at radius 1 is 1.47 bits per heavy atom. The molecule has 1 fully saturated rings. The van der Waals surface area contributed by atoms with Crippen LogP contribution in [0.4, 0.5) is 0 Å². The number of nitrogens with one attached hydrogen (secondary N) is 2. The van der Waals surface area contributed by atoms with Crippen molar-refractivity contribution in [2.45, 2.75) is 45.7 Å². The standard InChI is InChI=1S/C13H25N3O2.ClH/c1-9(14-5)7-15-12(18)10-6-11(17)16(8-10)13(2,3)4;/h9-10,14H,6-8H2,1-5H3,(H,15,18);1H. The molecular weight excluding hydrogens is 266 g/mol. The minimum atomic E-state index is -0.208. The fourth-order valence-electron chi connectivity index (χ4n) is 2.03. The van der Waals surface area contributed by atoms with Crippen LogP contribution < -0.4 is 10.6 Å². The van der Waals surface area contributed by atoms with Crippen molar-refractivity contribution in [3.63, 3.8) is 0 Å². The molecule has 2 N–H and O–H groups in total. The maximum atomic E-state index is 12.0. The number of amides is 2. The number of carbonyl (C=O) groups is 2. The molecule has 1 rings (SSSR count). The van der Waals surface area contributed by atoms with Gasteiger partial charge in [-0.2, -0.15) is 0 Å². The highest BCUT2D eigenvalue weighted by Crippen LogP contribution is 2.25. The molecule has 0 spiro atoms. The topological polar surface area (TPSA) is 61.4 Å². The zero-order valence-electron chi connectivity index (χ0n) is 12.4. The summed E-state index contributed by atoms with van der Waals surface area (Å²) in [6.45, 7) is 9.11. The normalized spacial score (nSPS) is 21.0. The molecule has 5 nitrogen and oxygen atoms in total. The van der Waals surface area contributed by atoms with E-state index in [4.69, 9.17) is 0 Å². The van der Waals surface area contributed by atoms with Crippen LogP contribution in [0.3, 0.4) is 0 Å². The minimum absolute atomic E-state index is 0. The Bertz CT molecular complexity index is 328. The second-order valence-corrected chi connectivity index (χ2v) is 6.01. The van der Waals surface area contributed by atoms with E-state index in [1.807, 2.05) is 34.7 Å². The van der Waals surface area contributed by atoms with Crippen LogP contribution in [0.1, 0.15) is 34.1 Å². The van der Waals surface area contributed by atoms with Gasteiger partial charge in [-0.25, -0.2) is 0 Å². The number of likely N-dealkylation sites (N-methyl/N-ethyl adjacent to an activating group) is 1. The number of nitrogens with zero attached hydrogens (tertiary/aromatic N) is 1. The van der Waals surface area contributed by atoms with Gasteiger partial charge >= 0.3 is 0 Å². The van der Waals surface area contributed by atoms with Crippen LogP contribution in [0.5, 0.6) is 0 Å². The highest BCUT2D eigenvalue weighted by molar-refractivity contribution is 5.89. The molecule has 6 heteroatoms. The van der Waals surface area contributed by atoms with Crippen molar-refractivity contribution in [1.82, 2.24) is 15.5 Å². The van der Waals surface area contributed by atoms with E-state index in [0.29, 0.717) is 19.5 Å². The first kappa shape index (κ1) is 18.2. The van der Waals surface area contributed by atoms with Crippen molar-refractivity contribution in [2.24, 2.45) is 5.92 Å². The van der Waals surface area contributed by atoms with Crippen LogP contribution in [-0.2, 0) is 9.59 Å². The Hall–Kier alpha value is -0.810. The lowest BCUT2D eigenvalue weighted by Crippen LogP contribution is -2.44. The Morgan fingerprint density at radius 3 is 2.47 bits per heavy atom. The molecule has 2 amide bonds. The first-order valence-corrected chi connectivity index (χ1v) is 6.51. The predicted molar refractivity (Wildman–Crippen MR) is 78.4 cm³/mol. The number of halogens is 1. The van der Waals surface area contributed by atoms with Crippen LogP contribution in [0, 0.1) is 5.92 Å². The van der Waals surface area contributed by atoms with Crippen molar-refractivity contribution >= 4 is 24.2 Å². The van der Waals surface area contributed by atoms with E-state index < -0.39 is 0 Å². The van der Waals surface area contributed by atoms with Gasteiger partial charge < -0.3 is 15.5 Å². The zero-order valence-corrected chi connectivity index (χ0v) is 13.3. The van der Waals surface area contributed by atoms with Crippen molar-refractivity contribution in [3.8, 4) is 0 Å². The summed E-state index contributed by atoms with van der Waals surface area (Å²) < 4.78 is 0. The summed E-state index contributed by atoms with van der Waals surface area (Å²) >= 11 is 0. The van der Waals surface area contributed by atoms with Crippen LogP contribution in [0.25, 0.3) is 0 Å². The molecular formula is C13H26ClN3O2. The molecule has 0 radical (unpaired) electrons. The van der Waals surface area contributed by atoms with Gasteiger partial charge in [0.1, 0.15) is 0 Å². The van der Waals surface area contributed by atoms with E-state index in [-0.39, 0.29) is 41.7 Å². The van der Waals surface area contributed by atoms with Crippen molar-refractivity contribution in [2.75, 3.05) is 20.1 Å². The van der Waals surface area contributed by atoms with E-state index in [2.05, 4.69) is 10.6 Å². The summed E-state index contributed by atoms with van der Waals surface area (Å²) in [5.74, 6) is -0.151. The third-order valence-corrected chi connectivity index (χ3v) is 3.38. The third kappa shape index (κ3) is 4.99. The van der Waals surface area contributed by atoms with Crippen LogP contribution in [-0.4, -0.2) is 48.4 Å². The molecule has 1 aliphatic rings. The van der Waals surface area contributed by atoms with Gasteiger partial charge in [0.2, 0.25) is 11.8 Å². The van der Waals surface area contributed by atoms with Crippen LogP contribution in [0.2, 0.25) is 0 Å². The van der Waals surface area contributed by atoms with E-state index in [1.54, 1.807) is 4.90 Å². The summed E-state index contributed by atoms with van der Waals surface area (Å²) in [4.78, 5) is 25.6. The maximum Gasteiger partial charge on any atom is 0.225 e. The van der Waals surface area contributed by atoms with Gasteiger partial charge in [-0.15, -0.1) is 12.4 Å². The van der Waals surface area contributed by atoms with E-state index in [0.717, 1.165) is 0 Å². The Balaban J connectivity index is 0.00000324. The monoisotopic (exact) mass is 291 g/mol. The molecule has 1 saturated heterocycles. The second kappa shape index (κ2) is 7.10. The number of likely N-dealkylation sites (tertiary alicyclic amines) is 1. The first-order valence-electron chi connectivity index (χ1n) is 6.51. The fraction of sp³-hybridized carbons (Fsp3) is 0.846. The van der Waals surface area contributed by atoms with Crippen LogP contribution in [0.15, 0.2) is 0 Å². The molecule has 19 heavy (non-hydrogen) atoms. The number of rotatable bonds is 4. The van der Waals surface area contributed by atoms with Crippen molar-refractivity contribution in [3.05, 3.63) is 0 Å². The SMILES string of the molecule is CNC(C)CNC(=O)C1CC(=O)N(C(C)(C)C)C1.Cl. The lowest BCUT2D eigenvalue weighted by Gasteiger charge is -2.32. The molecule has 0 aromatic heterocycles. The molecule has 0 aromatic carbocycles. The summed E-state index contributed by atoms with van der Waals surface area (Å²) in [6, 6.07) is 0.241. The van der Waals surface area contributed by atoms with E-state index in [9.17, 15) is 9.59 Å². The summed E-state index contributed by atoms with van der Waals surface area (Å²) in [5.41, 5.74) is -0.204. The lowest BCUT2D eigenvalue weighted by atomic mass is 10.1. The molecule has 2 unspecified atom stereocenters. The molecule has 0 saturated carbocycles. The first-order chi connectivity index (χ1) is 8.25. The summed E-state index contributed by atoms with van der Waals surface area (Å²) in [6.07, 6.45) is 0.330. The highest BCUT2D eigenvalue weighted by Gasteiger charge is 2.39.